The summed E-state index contributed by atoms with van der Waals surface area (Å²) in [5.74, 6) is 0.865. The standard InChI is InChI=1S/C15H29N/c1-5-9-13(3)12-15(6-2)16-11-8-7-10-14(16)4/h13,15H,4-12H2,1-3H3. The quantitative estimate of drug-likeness (QED) is 0.636. The lowest BCUT2D eigenvalue weighted by Crippen LogP contribution is -2.38. The van der Waals surface area contributed by atoms with Gasteiger partial charge in [0.1, 0.15) is 0 Å². The molecule has 0 aliphatic carbocycles. The molecule has 0 spiro atoms. The Morgan fingerprint density at radius 2 is 2.06 bits per heavy atom. The van der Waals surface area contributed by atoms with Crippen LogP contribution < -0.4 is 0 Å². The molecule has 1 aliphatic heterocycles. The molecule has 0 aromatic rings. The molecule has 0 bridgehead atoms. The van der Waals surface area contributed by atoms with Gasteiger partial charge in [-0.25, -0.2) is 0 Å². The first-order valence-electron chi connectivity index (χ1n) is 7.13. The Kier molecular flexibility index (Phi) is 5.94. The van der Waals surface area contributed by atoms with E-state index in [1.807, 2.05) is 0 Å². The van der Waals surface area contributed by atoms with E-state index in [-0.39, 0.29) is 0 Å². The average molecular weight is 223 g/mol. The van der Waals surface area contributed by atoms with Crippen LogP contribution >= 0.6 is 0 Å². The normalized spacial score (nSPS) is 20.9. The molecule has 0 saturated carbocycles. The molecule has 16 heavy (non-hydrogen) atoms. The first kappa shape index (κ1) is 13.6. The first-order valence-corrected chi connectivity index (χ1v) is 7.13. The van der Waals surface area contributed by atoms with Gasteiger partial charge in [0, 0.05) is 18.3 Å². The van der Waals surface area contributed by atoms with Gasteiger partial charge in [0.05, 0.1) is 0 Å². The molecular formula is C15H29N. The molecule has 0 aromatic carbocycles. The van der Waals surface area contributed by atoms with E-state index in [1.54, 1.807) is 0 Å². The van der Waals surface area contributed by atoms with E-state index in [0.717, 1.165) is 12.0 Å². The summed E-state index contributed by atoms with van der Waals surface area (Å²) >= 11 is 0. The van der Waals surface area contributed by atoms with Crippen LogP contribution in [0, 0.1) is 5.92 Å². The van der Waals surface area contributed by atoms with Crippen molar-refractivity contribution in [3.8, 4) is 0 Å². The third-order valence-electron chi connectivity index (χ3n) is 3.89. The third-order valence-corrected chi connectivity index (χ3v) is 3.89. The number of rotatable bonds is 6. The van der Waals surface area contributed by atoms with Gasteiger partial charge >= 0.3 is 0 Å². The average Bonchev–Trinajstić information content (AvgIpc) is 2.27. The molecule has 1 fully saturated rings. The Hall–Kier alpha value is -0.460. The minimum Gasteiger partial charge on any atom is -0.372 e. The molecule has 2 atom stereocenters. The number of hydrogen-bond donors (Lipinski definition) is 0. The SMILES string of the molecule is C=C1CCCCN1C(CC)CC(C)CCC. The highest BCUT2D eigenvalue weighted by Crippen LogP contribution is 2.27. The second kappa shape index (κ2) is 6.98. The number of hydrogen-bond acceptors (Lipinski definition) is 1. The molecule has 1 heterocycles. The lowest BCUT2D eigenvalue weighted by atomic mass is 9.93. The highest BCUT2D eigenvalue weighted by molar-refractivity contribution is 4.99. The van der Waals surface area contributed by atoms with E-state index in [4.69, 9.17) is 0 Å². The van der Waals surface area contributed by atoms with E-state index >= 15 is 0 Å². The zero-order valence-electron chi connectivity index (χ0n) is 11.5. The van der Waals surface area contributed by atoms with E-state index < -0.39 is 0 Å². The fourth-order valence-electron chi connectivity index (χ4n) is 2.94. The predicted molar refractivity (Wildman–Crippen MR) is 72.5 cm³/mol. The molecule has 0 amide bonds. The molecule has 1 rings (SSSR count). The summed E-state index contributed by atoms with van der Waals surface area (Å²) in [6, 6.07) is 0.745. The summed E-state index contributed by atoms with van der Waals surface area (Å²) in [6.45, 7) is 12.5. The molecule has 0 N–H and O–H groups in total. The van der Waals surface area contributed by atoms with Crippen molar-refractivity contribution in [2.45, 2.75) is 71.8 Å². The van der Waals surface area contributed by atoms with Crippen molar-refractivity contribution >= 4 is 0 Å². The van der Waals surface area contributed by atoms with Crippen LogP contribution in [-0.4, -0.2) is 17.5 Å². The van der Waals surface area contributed by atoms with Crippen LogP contribution in [0.1, 0.15) is 65.7 Å². The number of allylic oxidation sites excluding steroid dienone is 1. The zero-order valence-corrected chi connectivity index (χ0v) is 11.5. The Bertz CT molecular complexity index is 209. The van der Waals surface area contributed by atoms with Gasteiger partial charge in [-0.05, 0) is 38.0 Å². The zero-order chi connectivity index (χ0) is 12.0. The second-order valence-corrected chi connectivity index (χ2v) is 5.41. The second-order valence-electron chi connectivity index (χ2n) is 5.41. The van der Waals surface area contributed by atoms with Gasteiger partial charge in [0.15, 0.2) is 0 Å². The highest BCUT2D eigenvalue weighted by Gasteiger charge is 2.22. The lowest BCUT2D eigenvalue weighted by Gasteiger charge is -2.39. The van der Waals surface area contributed by atoms with Crippen molar-refractivity contribution in [3.63, 3.8) is 0 Å². The topological polar surface area (TPSA) is 3.24 Å². The molecule has 1 aliphatic rings. The number of likely N-dealkylation sites (tertiary alicyclic amines) is 1. The Labute approximate surface area is 102 Å². The molecular weight excluding hydrogens is 194 g/mol. The van der Waals surface area contributed by atoms with Crippen LogP contribution in [0.3, 0.4) is 0 Å². The Balaban J connectivity index is 2.48. The smallest absolute Gasteiger partial charge is 0.0286 e. The maximum absolute atomic E-state index is 4.24. The molecule has 1 heteroatoms. The van der Waals surface area contributed by atoms with Gasteiger partial charge in [-0.1, -0.05) is 40.2 Å². The number of piperidine rings is 1. The Morgan fingerprint density at radius 3 is 2.62 bits per heavy atom. The summed E-state index contributed by atoms with van der Waals surface area (Å²) in [5, 5.41) is 0. The molecule has 94 valence electrons. The van der Waals surface area contributed by atoms with Crippen molar-refractivity contribution in [2.24, 2.45) is 5.92 Å². The van der Waals surface area contributed by atoms with E-state index in [1.165, 1.54) is 57.2 Å². The van der Waals surface area contributed by atoms with Crippen LogP contribution in [0.2, 0.25) is 0 Å². The van der Waals surface area contributed by atoms with E-state index in [2.05, 4.69) is 32.3 Å². The molecule has 1 saturated heterocycles. The van der Waals surface area contributed by atoms with Crippen molar-refractivity contribution in [1.82, 2.24) is 4.90 Å². The number of nitrogens with zero attached hydrogens (tertiary/aromatic N) is 1. The van der Waals surface area contributed by atoms with Gasteiger partial charge < -0.3 is 4.90 Å². The van der Waals surface area contributed by atoms with Crippen LogP contribution in [-0.2, 0) is 0 Å². The Morgan fingerprint density at radius 1 is 1.31 bits per heavy atom. The molecule has 0 radical (unpaired) electrons. The fraction of sp³-hybridized carbons (Fsp3) is 0.867. The summed E-state index contributed by atoms with van der Waals surface area (Å²) in [5.41, 5.74) is 1.39. The van der Waals surface area contributed by atoms with Gasteiger partial charge in [0.25, 0.3) is 0 Å². The minimum absolute atomic E-state index is 0.745. The fourth-order valence-corrected chi connectivity index (χ4v) is 2.94. The largest absolute Gasteiger partial charge is 0.372 e. The van der Waals surface area contributed by atoms with Crippen LogP contribution in [0.25, 0.3) is 0 Å². The third kappa shape index (κ3) is 3.84. The monoisotopic (exact) mass is 223 g/mol. The molecule has 0 aromatic heterocycles. The summed E-state index contributed by atoms with van der Waals surface area (Å²) in [7, 11) is 0. The molecule has 1 nitrogen and oxygen atoms in total. The van der Waals surface area contributed by atoms with Crippen LogP contribution in [0.15, 0.2) is 12.3 Å². The van der Waals surface area contributed by atoms with Gasteiger partial charge in [0.2, 0.25) is 0 Å². The maximum atomic E-state index is 4.24. The van der Waals surface area contributed by atoms with Crippen molar-refractivity contribution in [3.05, 3.63) is 12.3 Å². The van der Waals surface area contributed by atoms with Crippen LogP contribution in [0.4, 0.5) is 0 Å². The first-order chi connectivity index (χ1) is 7.69. The van der Waals surface area contributed by atoms with Crippen molar-refractivity contribution in [1.29, 1.82) is 0 Å². The lowest BCUT2D eigenvalue weighted by molar-refractivity contribution is 0.182. The summed E-state index contributed by atoms with van der Waals surface area (Å²) in [4.78, 5) is 2.59. The highest BCUT2D eigenvalue weighted by atomic mass is 15.2. The molecule has 2 unspecified atom stereocenters. The minimum atomic E-state index is 0.745. The van der Waals surface area contributed by atoms with Gasteiger partial charge in [-0.3, -0.25) is 0 Å². The van der Waals surface area contributed by atoms with E-state index in [9.17, 15) is 0 Å². The maximum Gasteiger partial charge on any atom is 0.0286 e. The van der Waals surface area contributed by atoms with Gasteiger partial charge in [-0.15, -0.1) is 0 Å². The predicted octanol–water partition coefficient (Wildman–Crippen LogP) is 4.59. The van der Waals surface area contributed by atoms with Crippen molar-refractivity contribution < 1.29 is 0 Å². The summed E-state index contributed by atoms with van der Waals surface area (Å²) in [6.07, 6.45) is 9.23. The van der Waals surface area contributed by atoms with Gasteiger partial charge in [-0.2, -0.15) is 0 Å². The van der Waals surface area contributed by atoms with E-state index in [0.29, 0.717) is 0 Å². The van der Waals surface area contributed by atoms with Crippen LogP contribution in [0.5, 0.6) is 0 Å². The van der Waals surface area contributed by atoms with Crippen molar-refractivity contribution in [2.75, 3.05) is 6.54 Å². The summed E-state index contributed by atoms with van der Waals surface area (Å²) < 4.78 is 0.